The molecule has 0 aliphatic heterocycles. The number of fused-ring (bicyclic) bond motifs is 2. The van der Waals surface area contributed by atoms with E-state index in [0.29, 0.717) is 5.52 Å². The zero-order chi connectivity index (χ0) is 17.4. The number of rotatable bonds is 4. The predicted octanol–water partition coefficient (Wildman–Crippen LogP) is 3.72. The highest BCUT2D eigenvalue weighted by Crippen LogP contribution is 2.29. The summed E-state index contributed by atoms with van der Waals surface area (Å²) in [6.07, 6.45) is 0. The number of thiophene rings is 1. The van der Waals surface area contributed by atoms with Gasteiger partial charge in [-0.15, -0.1) is 22.7 Å². The Morgan fingerprint density at radius 3 is 2.80 bits per heavy atom. The van der Waals surface area contributed by atoms with Crippen LogP contribution < -0.4 is 5.32 Å². The molecule has 5 nitrogen and oxygen atoms in total. The fraction of sp³-hybridized carbons (Fsp3) is 0.0556. The number of benzene rings is 2. The van der Waals surface area contributed by atoms with E-state index >= 15 is 0 Å². The second-order valence-corrected chi connectivity index (χ2v) is 7.38. The van der Waals surface area contributed by atoms with Gasteiger partial charge in [-0.05, 0) is 41.3 Å². The summed E-state index contributed by atoms with van der Waals surface area (Å²) in [5.74, 6) is -1.15. The molecule has 0 spiro atoms. The number of nitrogens with one attached hydrogen (secondary N) is 1. The lowest BCUT2D eigenvalue weighted by Gasteiger charge is -2.03. The zero-order valence-electron chi connectivity index (χ0n) is 12.9. The quantitative estimate of drug-likeness (QED) is 0.425. The molecule has 0 aliphatic rings. The average Bonchev–Trinajstić information content (AvgIpc) is 3.22. The number of carbonyl (C=O) groups excluding carboxylic acids is 2. The molecule has 0 unspecified atom stereocenters. The summed E-state index contributed by atoms with van der Waals surface area (Å²) in [6.45, 7) is 0.221. The first-order chi connectivity index (χ1) is 12.1. The van der Waals surface area contributed by atoms with Gasteiger partial charge in [-0.25, -0.2) is 4.98 Å². The molecule has 0 aliphatic carbocycles. The molecule has 7 heteroatoms. The van der Waals surface area contributed by atoms with Crippen molar-refractivity contribution in [1.29, 1.82) is 0 Å². The van der Waals surface area contributed by atoms with E-state index in [1.807, 2.05) is 35.7 Å². The van der Waals surface area contributed by atoms with Crippen LogP contribution in [0.4, 0.5) is 0 Å². The van der Waals surface area contributed by atoms with Crippen LogP contribution in [0, 0.1) is 0 Å². The Morgan fingerprint density at radius 1 is 1.12 bits per heavy atom. The largest absolute Gasteiger partial charge is 0.508 e. The highest BCUT2D eigenvalue weighted by Gasteiger charge is 2.20. The van der Waals surface area contributed by atoms with E-state index in [1.54, 1.807) is 12.1 Å². The highest BCUT2D eigenvalue weighted by atomic mass is 32.1. The number of Topliss-reactive ketones (excluding diaryl/α,β-unsaturated/α-hetero) is 1. The number of thiazole rings is 1. The molecule has 2 aromatic carbocycles. The van der Waals surface area contributed by atoms with E-state index in [-0.39, 0.29) is 17.3 Å². The molecule has 0 saturated heterocycles. The van der Waals surface area contributed by atoms with Crippen molar-refractivity contribution in [2.45, 2.75) is 6.54 Å². The van der Waals surface area contributed by atoms with Gasteiger partial charge in [0.05, 0.1) is 10.2 Å². The van der Waals surface area contributed by atoms with Crippen molar-refractivity contribution in [1.82, 2.24) is 10.3 Å². The molecule has 0 bridgehead atoms. The number of aromatic nitrogens is 1. The molecule has 0 saturated carbocycles. The monoisotopic (exact) mass is 368 g/mol. The van der Waals surface area contributed by atoms with Crippen LogP contribution in [0.15, 0.2) is 47.8 Å². The summed E-state index contributed by atoms with van der Waals surface area (Å²) in [7, 11) is 0. The topological polar surface area (TPSA) is 79.3 Å². The van der Waals surface area contributed by atoms with E-state index in [4.69, 9.17) is 0 Å². The third-order valence-corrected chi connectivity index (χ3v) is 5.82. The van der Waals surface area contributed by atoms with Gasteiger partial charge in [0.1, 0.15) is 5.75 Å². The summed E-state index contributed by atoms with van der Waals surface area (Å²) in [4.78, 5) is 28.7. The van der Waals surface area contributed by atoms with Gasteiger partial charge in [0, 0.05) is 16.6 Å². The lowest BCUT2D eigenvalue weighted by molar-refractivity contribution is -0.117. The summed E-state index contributed by atoms with van der Waals surface area (Å²) in [5.41, 5.74) is 1.57. The number of para-hydroxylation sites is 1. The van der Waals surface area contributed by atoms with Crippen molar-refractivity contribution in [3.05, 3.63) is 58.4 Å². The van der Waals surface area contributed by atoms with E-state index in [9.17, 15) is 14.7 Å². The number of nitrogens with zero attached hydrogens (tertiary/aromatic N) is 1. The Balaban J connectivity index is 1.51. The highest BCUT2D eigenvalue weighted by molar-refractivity contribution is 7.21. The molecule has 1 amide bonds. The Morgan fingerprint density at radius 2 is 1.96 bits per heavy atom. The SMILES string of the molecule is O=C(NCc1csc2ccc(O)cc12)C(=O)c1nc2ccccc2s1. The molecular weight excluding hydrogens is 356 g/mol. The van der Waals surface area contributed by atoms with Crippen LogP contribution >= 0.6 is 22.7 Å². The summed E-state index contributed by atoms with van der Waals surface area (Å²) in [6, 6.07) is 12.5. The van der Waals surface area contributed by atoms with Gasteiger partial charge >= 0.3 is 0 Å². The first-order valence-corrected chi connectivity index (χ1v) is 9.18. The third-order valence-electron chi connectivity index (χ3n) is 3.77. The second-order valence-electron chi connectivity index (χ2n) is 5.44. The van der Waals surface area contributed by atoms with Gasteiger partial charge in [0.15, 0.2) is 5.01 Å². The Labute approximate surface area is 150 Å². The average molecular weight is 368 g/mol. The molecule has 0 radical (unpaired) electrons. The normalized spacial score (nSPS) is 11.0. The fourth-order valence-electron chi connectivity index (χ4n) is 2.53. The van der Waals surface area contributed by atoms with E-state index < -0.39 is 11.7 Å². The van der Waals surface area contributed by atoms with Gasteiger partial charge in [0.25, 0.3) is 11.7 Å². The summed E-state index contributed by atoms with van der Waals surface area (Å²) in [5, 5.41) is 15.2. The minimum atomic E-state index is -0.682. The lowest BCUT2D eigenvalue weighted by Crippen LogP contribution is -2.30. The van der Waals surface area contributed by atoms with E-state index in [2.05, 4.69) is 10.3 Å². The van der Waals surface area contributed by atoms with Crippen molar-refractivity contribution in [2.24, 2.45) is 0 Å². The maximum atomic E-state index is 12.3. The molecule has 4 aromatic rings. The van der Waals surface area contributed by atoms with E-state index in [1.165, 1.54) is 22.7 Å². The summed E-state index contributed by atoms with van der Waals surface area (Å²) < 4.78 is 1.89. The molecule has 2 N–H and O–H groups in total. The molecule has 2 aromatic heterocycles. The maximum absolute atomic E-state index is 12.3. The van der Waals surface area contributed by atoms with Gasteiger partial charge in [-0.1, -0.05) is 12.1 Å². The van der Waals surface area contributed by atoms with Crippen LogP contribution in [0.1, 0.15) is 15.4 Å². The van der Waals surface area contributed by atoms with Gasteiger partial charge in [-0.3, -0.25) is 9.59 Å². The van der Waals surface area contributed by atoms with Crippen molar-refractivity contribution in [3.8, 4) is 5.75 Å². The number of phenolic OH excluding ortho intramolecular Hbond substituents is 1. The first-order valence-electron chi connectivity index (χ1n) is 7.49. The zero-order valence-corrected chi connectivity index (χ0v) is 14.5. The van der Waals surface area contributed by atoms with Gasteiger partial charge in [-0.2, -0.15) is 0 Å². The minimum absolute atomic E-state index is 0.170. The Bertz CT molecular complexity index is 1080. The summed E-state index contributed by atoms with van der Waals surface area (Å²) >= 11 is 2.73. The van der Waals surface area contributed by atoms with Gasteiger partial charge in [0.2, 0.25) is 0 Å². The standard InChI is InChI=1S/C18H12N2O3S2/c21-11-5-6-14-12(7-11)10(9-24-14)8-19-17(23)16(22)18-20-13-3-1-2-4-15(13)25-18/h1-7,9,21H,8H2,(H,19,23). The van der Waals surface area contributed by atoms with Crippen LogP contribution in [0.25, 0.3) is 20.3 Å². The molecule has 2 heterocycles. The Hall–Kier alpha value is -2.77. The molecule has 0 atom stereocenters. The van der Waals surface area contributed by atoms with Crippen molar-refractivity contribution in [2.75, 3.05) is 0 Å². The second kappa shape index (κ2) is 6.27. The predicted molar refractivity (Wildman–Crippen MR) is 99.3 cm³/mol. The lowest BCUT2D eigenvalue weighted by atomic mass is 10.1. The van der Waals surface area contributed by atoms with Crippen molar-refractivity contribution >= 4 is 54.7 Å². The number of ketones is 1. The minimum Gasteiger partial charge on any atom is -0.508 e. The number of aromatic hydroxyl groups is 1. The number of carbonyl (C=O) groups is 2. The maximum Gasteiger partial charge on any atom is 0.295 e. The molecule has 124 valence electrons. The van der Waals surface area contributed by atoms with Crippen LogP contribution in [0.3, 0.4) is 0 Å². The van der Waals surface area contributed by atoms with Crippen LogP contribution in [0.2, 0.25) is 0 Å². The van der Waals surface area contributed by atoms with Crippen LogP contribution in [-0.2, 0) is 11.3 Å². The third kappa shape index (κ3) is 2.99. The van der Waals surface area contributed by atoms with Crippen molar-refractivity contribution in [3.63, 3.8) is 0 Å². The van der Waals surface area contributed by atoms with Crippen LogP contribution in [0.5, 0.6) is 5.75 Å². The van der Waals surface area contributed by atoms with E-state index in [0.717, 1.165) is 20.3 Å². The smallest absolute Gasteiger partial charge is 0.295 e. The first kappa shape index (κ1) is 15.7. The van der Waals surface area contributed by atoms with Crippen LogP contribution in [-0.4, -0.2) is 21.8 Å². The Kier molecular flexibility index (Phi) is 3.95. The fourth-order valence-corrected chi connectivity index (χ4v) is 4.37. The number of hydrogen-bond acceptors (Lipinski definition) is 6. The molecule has 25 heavy (non-hydrogen) atoms. The number of hydrogen-bond donors (Lipinski definition) is 2. The molecule has 4 rings (SSSR count). The molecular formula is C18H12N2O3S2. The number of phenols is 1. The molecule has 0 fully saturated rings. The van der Waals surface area contributed by atoms with Gasteiger partial charge < -0.3 is 10.4 Å². The number of amides is 1. The van der Waals surface area contributed by atoms with Crippen molar-refractivity contribution < 1.29 is 14.7 Å².